The van der Waals surface area contributed by atoms with E-state index in [-0.39, 0.29) is 35.9 Å². The van der Waals surface area contributed by atoms with Gasteiger partial charge in [0, 0.05) is 24.7 Å². The van der Waals surface area contributed by atoms with Gasteiger partial charge in [0.2, 0.25) is 5.91 Å². The molecular formula is C20H20F2N2O2. The van der Waals surface area contributed by atoms with Gasteiger partial charge in [-0.15, -0.1) is 0 Å². The number of likely N-dealkylation sites (tertiary alicyclic amines) is 1. The fourth-order valence-corrected chi connectivity index (χ4v) is 3.03. The van der Waals surface area contributed by atoms with Gasteiger partial charge in [0.25, 0.3) is 5.91 Å². The third-order valence-electron chi connectivity index (χ3n) is 4.56. The molecule has 1 aliphatic rings. The van der Waals surface area contributed by atoms with E-state index in [9.17, 15) is 18.4 Å². The van der Waals surface area contributed by atoms with Crippen molar-refractivity contribution in [2.45, 2.75) is 25.3 Å². The highest BCUT2D eigenvalue weighted by molar-refractivity contribution is 5.94. The van der Waals surface area contributed by atoms with Gasteiger partial charge in [0.15, 0.2) is 0 Å². The summed E-state index contributed by atoms with van der Waals surface area (Å²) in [4.78, 5) is 26.3. The molecule has 2 aromatic carbocycles. The van der Waals surface area contributed by atoms with Crippen LogP contribution in [0.15, 0.2) is 48.5 Å². The molecule has 0 spiro atoms. The van der Waals surface area contributed by atoms with Crippen LogP contribution in [0.2, 0.25) is 0 Å². The number of halogens is 2. The smallest absolute Gasteiger partial charge is 0.251 e. The Kier molecular flexibility index (Phi) is 5.61. The fraction of sp³-hybridized carbons (Fsp3) is 0.300. The number of nitrogens with one attached hydrogen (secondary N) is 1. The van der Waals surface area contributed by atoms with Gasteiger partial charge in [-0.1, -0.05) is 12.1 Å². The van der Waals surface area contributed by atoms with E-state index in [1.165, 1.54) is 36.4 Å². The van der Waals surface area contributed by atoms with E-state index in [2.05, 4.69) is 5.32 Å². The van der Waals surface area contributed by atoms with Gasteiger partial charge in [-0.05, 0) is 54.8 Å². The molecular weight excluding hydrogens is 338 g/mol. The Morgan fingerprint density at radius 2 is 1.46 bits per heavy atom. The molecule has 0 saturated carbocycles. The number of benzene rings is 2. The Hall–Kier alpha value is -2.76. The second-order valence-electron chi connectivity index (χ2n) is 6.44. The van der Waals surface area contributed by atoms with Crippen molar-refractivity contribution < 1.29 is 18.4 Å². The van der Waals surface area contributed by atoms with Crippen LogP contribution in [0.5, 0.6) is 0 Å². The maximum absolute atomic E-state index is 12.9. The Balaban J connectivity index is 1.47. The summed E-state index contributed by atoms with van der Waals surface area (Å²) in [5.41, 5.74) is 1.20. The molecule has 1 saturated heterocycles. The third-order valence-corrected chi connectivity index (χ3v) is 4.56. The summed E-state index contributed by atoms with van der Waals surface area (Å²) in [6, 6.07) is 11.3. The summed E-state index contributed by atoms with van der Waals surface area (Å²) in [6.45, 7) is 1.13. The van der Waals surface area contributed by atoms with E-state index >= 15 is 0 Å². The van der Waals surface area contributed by atoms with Crippen molar-refractivity contribution in [3.05, 3.63) is 71.3 Å². The largest absolute Gasteiger partial charge is 0.349 e. The summed E-state index contributed by atoms with van der Waals surface area (Å²) in [5.74, 6) is -0.936. The summed E-state index contributed by atoms with van der Waals surface area (Å²) >= 11 is 0. The minimum Gasteiger partial charge on any atom is -0.349 e. The lowest BCUT2D eigenvalue weighted by atomic mass is 10.0. The minimum absolute atomic E-state index is 0.0000747. The zero-order valence-electron chi connectivity index (χ0n) is 14.3. The van der Waals surface area contributed by atoms with E-state index in [0.717, 1.165) is 5.56 Å². The van der Waals surface area contributed by atoms with Crippen molar-refractivity contribution in [2.24, 2.45) is 0 Å². The lowest BCUT2D eigenvalue weighted by Gasteiger charge is -2.32. The van der Waals surface area contributed by atoms with Gasteiger partial charge in [-0.25, -0.2) is 8.78 Å². The van der Waals surface area contributed by atoms with Crippen LogP contribution in [0.4, 0.5) is 8.78 Å². The topological polar surface area (TPSA) is 49.4 Å². The molecule has 26 heavy (non-hydrogen) atoms. The number of hydrogen-bond donors (Lipinski definition) is 1. The number of amides is 2. The van der Waals surface area contributed by atoms with Gasteiger partial charge in [0.1, 0.15) is 11.6 Å². The lowest BCUT2D eigenvalue weighted by Crippen LogP contribution is -2.47. The molecule has 0 radical (unpaired) electrons. The minimum atomic E-state index is -0.380. The molecule has 0 bridgehead atoms. The molecule has 0 aliphatic carbocycles. The first kappa shape index (κ1) is 18.0. The van der Waals surface area contributed by atoms with Crippen molar-refractivity contribution in [3.8, 4) is 0 Å². The Morgan fingerprint density at radius 3 is 2.04 bits per heavy atom. The first-order valence-corrected chi connectivity index (χ1v) is 8.60. The zero-order valence-corrected chi connectivity index (χ0v) is 14.3. The number of carbonyl (C=O) groups excluding carboxylic acids is 2. The molecule has 0 unspecified atom stereocenters. The van der Waals surface area contributed by atoms with Crippen LogP contribution in [0, 0.1) is 11.6 Å². The first-order chi connectivity index (χ1) is 12.5. The predicted molar refractivity (Wildman–Crippen MR) is 93.6 cm³/mol. The standard InChI is InChI=1S/C20H20F2N2O2/c21-16-5-1-14(2-6-16)13-19(25)24-11-9-18(10-12-24)23-20(26)15-3-7-17(22)8-4-15/h1-8,18H,9-13H2,(H,23,26). The van der Waals surface area contributed by atoms with Gasteiger partial charge >= 0.3 is 0 Å². The van der Waals surface area contributed by atoms with E-state index in [4.69, 9.17) is 0 Å². The van der Waals surface area contributed by atoms with Crippen molar-refractivity contribution in [3.63, 3.8) is 0 Å². The van der Waals surface area contributed by atoms with E-state index in [0.29, 0.717) is 31.5 Å². The van der Waals surface area contributed by atoms with Crippen molar-refractivity contribution in [2.75, 3.05) is 13.1 Å². The van der Waals surface area contributed by atoms with Gasteiger partial charge in [-0.3, -0.25) is 9.59 Å². The third kappa shape index (κ3) is 4.65. The molecule has 4 nitrogen and oxygen atoms in total. The molecule has 2 aromatic rings. The van der Waals surface area contributed by atoms with Crippen molar-refractivity contribution >= 4 is 11.8 Å². The molecule has 2 amide bonds. The predicted octanol–water partition coefficient (Wildman–Crippen LogP) is 2.93. The van der Waals surface area contributed by atoms with Crippen LogP contribution in [0.3, 0.4) is 0 Å². The second-order valence-corrected chi connectivity index (χ2v) is 6.44. The van der Waals surface area contributed by atoms with Gasteiger partial charge < -0.3 is 10.2 Å². The molecule has 0 atom stereocenters. The van der Waals surface area contributed by atoms with Crippen LogP contribution in [-0.2, 0) is 11.2 Å². The lowest BCUT2D eigenvalue weighted by molar-refractivity contribution is -0.131. The molecule has 6 heteroatoms. The number of nitrogens with zero attached hydrogens (tertiary/aromatic N) is 1. The Morgan fingerprint density at radius 1 is 0.923 bits per heavy atom. The Labute approximate surface area is 150 Å². The first-order valence-electron chi connectivity index (χ1n) is 8.60. The van der Waals surface area contributed by atoms with Crippen LogP contribution in [0.25, 0.3) is 0 Å². The average molecular weight is 358 g/mol. The number of hydrogen-bond acceptors (Lipinski definition) is 2. The Bertz CT molecular complexity index is 767. The maximum atomic E-state index is 12.9. The van der Waals surface area contributed by atoms with E-state index in [1.54, 1.807) is 17.0 Å². The van der Waals surface area contributed by atoms with E-state index < -0.39 is 0 Å². The van der Waals surface area contributed by atoms with Crippen molar-refractivity contribution in [1.82, 2.24) is 10.2 Å². The van der Waals surface area contributed by atoms with Gasteiger partial charge in [0.05, 0.1) is 6.42 Å². The average Bonchev–Trinajstić information content (AvgIpc) is 2.64. The highest BCUT2D eigenvalue weighted by Gasteiger charge is 2.24. The highest BCUT2D eigenvalue weighted by Crippen LogP contribution is 2.14. The zero-order chi connectivity index (χ0) is 18.5. The van der Waals surface area contributed by atoms with E-state index in [1.807, 2.05) is 0 Å². The molecule has 1 N–H and O–H groups in total. The second kappa shape index (κ2) is 8.08. The molecule has 1 heterocycles. The molecule has 1 aliphatic heterocycles. The molecule has 3 rings (SSSR count). The van der Waals surface area contributed by atoms with Crippen molar-refractivity contribution in [1.29, 1.82) is 0 Å². The van der Waals surface area contributed by atoms with Crippen LogP contribution in [0.1, 0.15) is 28.8 Å². The number of carbonyl (C=O) groups is 2. The van der Waals surface area contributed by atoms with Crippen LogP contribution >= 0.6 is 0 Å². The molecule has 0 aromatic heterocycles. The van der Waals surface area contributed by atoms with Crippen LogP contribution < -0.4 is 5.32 Å². The normalized spacial score (nSPS) is 14.9. The van der Waals surface area contributed by atoms with Crippen LogP contribution in [-0.4, -0.2) is 35.8 Å². The summed E-state index contributed by atoms with van der Waals surface area (Å²) in [6.07, 6.45) is 1.58. The molecule has 1 fully saturated rings. The number of rotatable bonds is 4. The van der Waals surface area contributed by atoms with Gasteiger partial charge in [-0.2, -0.15) is 0 Å². The quantitative estimate of drug-likeness (QED) is 0.914. The fourth-order valence-electron chi connectivity index (χ4n) is 3.03. The maximum Gasteiger partial charge on any atom is 0.251 e. The monoisotopic (exact) mass is 358 g/mol. The summed E-state index contributed by atoms with van der Waals surface area (Å²) in [5, 5.41) is 2.93. The SMILES string of the molecule is O=C(NC1CCN(C(=O)Cc2ccc(F)cc2)CC1)c1ccc(F)cc1. The summed E-state index contributed by atoms with van der Waals surface area (Å²) < 4.78 is 25.8. The number of piperidine rings is 1. The highest BCUT2D eigenvalue weighted by atomic mass is 19.1. The molecule has 136 valence electrons. The summed E-state index contributed by atoms with van der Waals surface area (Å²) in [7, 11) is 0.